The molecule has 0 saturated carbocycles. The fourth-order valence-electron chi connectivity index (χ4n) is 2.97. The Labute approximate surface area is 137 Å². The number of nitrogens with zero attached hydrogens (tertiary/aromatic N) is 1. The van der Waals surface area contributed by atoms with Crippen LogP contribution in [0, 0.1) is 6.92 Å². The number of carbonyl (C=O) groups excluding carboxylic acids is 1. The highest BCUT2D eigenvalue weighted by molar-refractivity contribution is 5.94. The van der Waals surface area contributed by atoms with Gasteiger partial charge in [0.2, 0.25) is 0 Å². The number of aryl methyl sites for hydroxylation is 2. The summed E-state index contributed by atoms with van der Waals surface area (Å²) in [5, 5.41) is 3.00. The first-order valence-electron chi connectivity index (χ1n) is 8.34. The number of amides is 1. The first-order chi connectivity index (χ1) is 11.2. The Hall–Kier alpha value is -2.07. The molecule has 4 nitrogen and oxygen atoms in total. The van der Waals surface area contributed by atoms with Crippen molar-refractivity contribution in [2.75, 3.05) is 13.2 Å². The molecule has 2 heterocycles. The van der Waals surface area contributed by atoms with Crippen molar-refractivity contribution >= 4 is 5.91 Å². The Morgan fingerprint density at radius 2 is 2.09 bits per heavy atom. The number of nitrogens with one attached hydrogen (secondary N) is 1. The van der Waals surface area contributed by atoms with E-state index in [2.05, 4.69) is 43.4 Å². The molecule has 1 aromatic heterocycles. The molecule has 1 N–H and O–H groups in total. The largest absolute Gasteiger partial charge is 0.376 e. The molecule has 1 unspecified atom stereocenters. The first kappa shape index (κ1) is 15.8. The molecule has 0 aliphatic carbocycles. The Morgan fingerprint density at radius 3 is 2.74 bits per heavy atom. The zero-order chi connectivity index (χ0) is 16.2. The highest BCUT2D eigenvalue weighted by Gasteiger charge is 2.18. The van der Waals surface area contributed by atoms with E-state index in [0.717, 1.165) is 37.1 Å². The van der Waals surface area contributed by atoms with Crippen LogP contribution in [-0.2, 0) is 11.3 Å². The van der Waals surface area contributed by atoms with Crippen LogP contribution in [0.5, 0.6) is 0 Å². The third kappa shape index (κ3) is 3.64. The number of ether oxygens (including phenoxy) is 1. The number of rotatable bonds is 5. The van der Waals surface area contributed by atoms with Gasteiger partial charge < -0.3 is 14.6 Å². The van der Waals surface area contributed by atoms with Gasteiger partial charge >= 0.3 is 0 Å². The maximum Gasteiger partial charge on any atom is 0.268 e. The minimum atomic E-state index is -0.0271. The van der Waals surface area contributed by atoms with Crippen LogP contribution >= 0.6 is 0 Å². The van der Waals surface area contributed by atoms with E-state index in [4.69, 9.17) is 4.74 Å². The Bertz CT molecular complexity index is 667. The van der Waals surface area contributed by atoms with Crippen LogP contribution in [0.3, 0.4) is 0 Å². The van der Waals surface area contributed by atoms with Crippen molar-refractivity contribution in [3.8, 4) is 11.1 Å². The van der Waals surface area contributed by atoms with Crippen LogP contribution in [0.1, 0.15) is 35.8 Å². The Kier molecular flexibility index (Phi) is 4.82. The molecule has 122 valence electrons. The fraction of sp³-hybridized carbons (Fsp3) is 0.421. The van der Waals surface area contributed by atoms with Crippen molar-refractivity contribution in [1.29, 1.82) is 0 Å². The molecule has 0 spiro atoms. The number of benzene rings is 1. The van der Waals surface area contributed by atoms with Crippen LogP contribution in [0.4, 0.5) is 0 Å². The molecule has 1 aromatic carbocycles. The molecule has 1 aliphatic rings. The van der Waals surface area contributed by atoms with E-state index in [1.807, 2.05) is 16.8 Å². The van der Waals surface area contributed by atoms with Gasteiger partial charge in [-0.3, -0.25) is 4.79 Å². The minimum absolute atomic E-state index is 0.0271. The van der Waals surface area contributed by atoms with Gasteiger partial charge in [-0.15, -0.1) is 0 Å². The second kappa shape index (κ2) is 7.01. The van der Waals surface area contributed by atoms with E-state index in [-0.39, 0.29) is 12.0 Å². The summed E-state index contributed by atoms with van der Waals surface area (Å²) >= 11 is 0. The van der Waals surface area contributed by atoms with Crippen molar-refractivity contribution in [2.24, 2.45) is 0 Å². The van der Waals surface area contributed by atoms with E-state index in [9.17, 15) is 4.79 Å². The van der Waals surface area contributed by atoms with Crippen molar-refractivity contribution in [1.82, 2.24) is 9.88 Å². The number of hydrogen-bond donors (Lipinski definition) is 1. The van der Waals surface area contributed by atoms with Gasteiger partial charge in [-0.1, -0.05) is 29.8 Å². The average molecular weight is 312 g/mol. The smallest absolute Gasteiger partial charge is 0.268 e. The second-order valence-corrected chi connectivity index (χ2v) is 6.11. The van der Waals surface area contributed by atoms with Crippen molar-refractivity contribution in [3.63, 3.8) is 0 Å². The summed E-state index contributed by atoms with van der Waals surface area (Å²) in [5.41, 5.74) is 4.16. The summed E-state index contributed by atoms with van der Waals surface area (Å²) in [6, 6.07) is 10.3. The Morgan fingerprint density at radius 1 is 1.30 bits per heavy atom. The first-order valence-corrected chi connectivity index (χ1v) is 8.34. The third-order valence-corrected chi connectivity index (χ3v) is 4.37. The fourth-order valence-corrected chi connectivity index (χ4v) is 2.97. The zero-order valence-corrected chi connectivity index (χ0v) is 13.8. The third-order valence-electron chi connectivity index (χ3n) is 4.37. The summed E-state index contributed by atoms with van der Waals surface area (Å²) in [7, 11) is 0. The van der Waals surface area contributed by atoms with Gasteiger partial charge in [-0.05, 0) is 38.3 Å². The Balaban J connectivity index is 1.75. The number of hydrogen-bond acceptors (Lipinski definition) is 2. The van der Waals surface area contributed by atoms with Crippen LogP contribution in [0.15, 0.2) is 36.5 Å². The maximum atomic E-state index is 12.5. The maximum absolute atomic E-state index is 12.5. The summed E-state index contributed by atoms with van der Waals surface area (Å²) in [6.45, 7) is 6.30. The van der Waals surface area contributed by atoms with Gasteiger partial charge in [0.25, 0.3) is 5.91 Å². The topological polar surface area (TPSA) is 43.3 Å². The lowest BCUT2D eigenvalue weighted by molar-refractivity contribution is 0.0850. The molecular formula is C19H24N2O2. The van der Waals surface area contributed by atoms with Gasteiger partial charge in [-0.25, -0.2) is 0 Å². The van der Waals surface area contributed by atoms with Gasteiger partial charge in [0.05, 0.1) is 6.10 Å². The molecule has 3 rings (SSSR count). The van der Waals surface area contributed by atoms with Crippen molar-refractivity contribution < 1.29 is 9.53 Å². The van der Waals surface area contributed by atoms with Gasteiger partial charge in [-0.2, -0.15) is 0 Å². The summed E-state index contributed by atoms with van der Waals surface area (Å²) in [4.78, 5) is 12.5. The molecule has 1 aliphatic heterocycles. The number of carbonyl (C=O) groups is 1. The second-order valence-electron chi connectivity index (χ2n) is 6.11. The molecule has 1 atom stereocenters. The SMILES string of the molecule is CCn1cc(-c2ccc(C)cc2)cc1C(=O)NCC1CCCO1. The van der Waals surface area contributed by atoms with E-state index in [0.29, 0.717) is 12.2 Å². The van der Waals surface area contributed by atoms with Crippen LogP contribution < -0.4 is 5.32 Å². The molecule has 1 saturated heterocycles. The van der Waals surface area contributed by atoms with Crippen LogP contribution in [-0.4, -0.2) is 29.7 Å². The lowest BCUT2D eigenvalue weighted by Crippen LogP contribution is -2.32. The van der Waals surface area contributed by atoms with Gasteiger partial charge in [0.1, 0.15) is 5.69 Å². The predicted octanol–water partition coefficient (Wildman–Crippen LogP) is 3.39. The number of aromatic nitrogens is 1. The molecule has 0 bridgehead atoms. The van der Waals surface area contributed by atoms with E-state index in [1.165, 1.54) is 5.56 Å². The van der Waals surface area contributed by atoms with Crippen LogP contribution in [0.2, 0.25) is 0 Å². The average Bonchev–Trinajstić information content (AvgIpc) is 3.22. The quantitative estimate of drug-likeness (QED) is 0.919. The summed E-state index contributed by atoms with van der Waals surface area (Å²) in [5.74, 6) is -0.0271. The molecule has 1 amide bonds. The van der Waals surface area contributed by atoms with Crippen LogP contribution in [0.25, 0.3) is 11.1 Å². The standard InChI is InChI=1S/C19H24N2O2/c1-3-21-13-16(15-8-6-14(2)7-9-15)11-18(21)19(22)20-12-17-5-4-10-23-17/h6-9,11,13,17H,3-5,10,12H2,1-2H3,(H,20,22). The van der Waals surface area contributed by atoms with Gasteiger partial charge in [0.15, 0.2) is 0 Å². The molecular weight excluding hydrogens is 288 g/mol. The lowest BCUT2D eigenvalue weighted by atomic mass is 10.1. The van der Waals surface area contributed by atoms with Crippen molar-refractivity contribution in [3.05, 3.63) is 47.8 Å². The molecule has 0 radical (unpaired) electrons. The summed E-state index contributed by atoms with van der Waals surface area (Å²) in [6.07, 6.45) is 4.33. The predicted molar refractivity (Wildman–Crippen MR) is 91.6 cm³/mol. The van der Waals surface area contributed by atoms with E-state index in [1.54, 1.807) is 0 Å². The monoisotopic (exact) mass is 312 g/mol. The van der Waals surface area contributed by atoms with Crippen molar-refractivity contribution in [2.45, 2.75) is 39.3 Å². The van der Waals surface area contributed by atoms with E-state index < -0.39 is 0 Å². The highest BCUT2D eigenvalue weighted by atomic mass is 16.5. The normalized spacial score (nSPS) is 17.4. The van der Waals surface area contributed by atoms with E-state index >= 15 is 0 Å². The molecule has 4 heteroatoms. The lowest BCUT2D eigenvalue weighted by Gasteiger charge is -2.11. The highest BCUT2D eigenvalue weighted by Crippen LogP contribution is 2.23. The zero-order valence-electron chi connectivity index (χ0n) is 13.8. The minimum Gasteiger partial charge on any atom is -0.376 e. The molecule has 2 aromatic rings. The van der Waals surface area contributed by atoms with Gasteiger partial charge in [0, 0.05) is 31.5 Å². The summed E-state index contributed by atoms with van der Waals surface area (Å²) < 4.78 is 7.56. The molecule has 1 fully saturated rings. The molecule has 23 heavy (non-hydrogen) atoms.